The van der Waals surface area contributed by atoms with E-state index in [-0.39, 0.29) is 11.9 Å². The average Bonchev–Trinajstić information content (AvgIpc) is 2.59. The van der Waals surface area contributed by atoms with E-state index in [4.69, 9.17) is 21.1 Å². The molecule has 0 radical (unpaired) electrons. The molecule has 0 aliphatic rings. The van der Waals surface area contributed by atoms with Gasteiger partial charge in [0.25, 0.3) is 5.91 Å². The van der Waals surface area contributed by atoms with Gasteiger partial charge in [-0.3, -0.25) is 4.79 Å². The molecule has 0 unspecified atom stereocenters. The van der Waals surface area contributed by atoms with Gasteiger partial charge in [0.05, 0.1) is 25.3 Å². The maximum Gasteiger partial charge on any atom is 0.254 e. The van der Waals surface area contributed by atoms with Crippen LogP contribution in [0.25, 0.3) is 0 Å². The highest BCUT2D eigenvalue weighted by molar-refractivity contribution is 6.32. The Morgan fingerprint density at radius 3 is 2.35 bits per heavy atom. The van der Waals surface area contributed by atoms with Crippen molar-refractivity contribution in [2.45, 2.75) is 13.0 Å². The van der Waals surface area contributed by atoms with Crippen molar-refractivity contribution in [2.24, 2.45) is 0 Å². The van der Waals surface area contributed by atoms with Gasteiger partial charge < -0.3 is 14.4 Å². The third kappa shape index (κ3) is 3.59. The van der Waals surface area contributed by atoms with E-state index < -0.39 is 0 Å². The first-order valence-corrected chi connectivity index (χ1v) is 7.61. The van der Waals surface area contributed by atoms with E-state index in [1.807, 2.05) is 37.3 Å². The number of hydrogen-bond acceptors (Lipinski definition) is 3. The molecule has 5 heteroatoms. The number of rotatable bonds is 5. The van der Waals surface area contributed by atoms with E-state index >= 15 is 0 Å². The highest BCUT2D eigenvalue weighted by Crippen LogP contribution is 2.36. The quantitative estimate of drug-likeness (QED) is 0.823. The number of amides is 1. The highest BCUT2D eigenvalue weighted by atomic mass is 35.5. The van der Waals surface area contributed by atoms with Crippen molar-refractivity contribution in [1.29, 1.82) is 0 Å². The summed E-state index contributed by atoms with van der Waals surface area (Å²) in [5, 5.41) is 0.343. The summed E-state index contributed by atoms with van der Waals surface area (Å²) in [5.41, 5.74) is 1.52. The Morgan fingerprint density at radius 2 is 1.78 bits per heavy atom. The lowest BCUT2D eigenvalue weighted by Crippen LogP contribution is -2.29. The maximum absolute atomic E-state index is 12.8. The molecule has 0 saturated heterocycles. The Balaban J connectivity index is 2.31. The minimum atomic E-state index is -0.135. The van der Waals surface area contributed by atoms with Gasteiger partial charge in [0.15, 0.2) is 11.5 Å². The van der Waals surface area contributed by atoms with Gasteiger partial charge in [-0.25, -0.2) is 0 Å². The zero-order valence-corrected chi connectivity index (χ0v) is 14.4. The molecule has 0 heterocycles. The first-order chi connectivity index (χ1) is 11.0. The fourth-order valence-electron chi connectivity index (χ4n) is 2.38. The molecule has 23 heavy (non-hydrogen) atoms. The summed E-state index contributed by atoms with van der Waals surface area (Å²) in [6, 6.07) is 13.0. The molecule has 122 valence electrons. The molecular weight excluding hydrogens is 314 g/mol. The number of hydrogen-bond donors (Lipinski definition) is 0. The minimum absolute atomic E-state index is 0.0597. The molecule has 2 aromatic carbocycles. The molecule has 0 spiro atoms. The summed E-state index contributed by atoms with van der Waals surface area (Å²) in [6.45, 7) is 1.98. The number of carbonyl (C=O) groups excluding carboxylic acids is 1. The average molecular weight is 334 g/mol. The third-order valence-corrected chi connectivity index (χ3v) is 4.14. The topological polar surface area (TPSA) is 38.8 Å². The molecule has 1 amide bonds. The smallest absolute Gasteiger partial charge is 0.254 e. The van der Waals surface area contributed by atoms with Crippen molar-refractivity contribution in [2.75, 3.05) is 21.3 Å². The number of ether oxygens (including phenoxy) is 2. The van der Waals surface area contributed by atoms with Crippen LogP contribution in [-0.2, 0) is 0 Å². The number of methoxy groups -OCH3 is 2. The number of benzene rings is 2. The predicted octanol–water partition coefficient (Wildman–Crippen LogP) is 4.19. The predicted molar refractivity (Wildman–Crippen MR) is 91.5 cm³/mol. The molecule has 2 rings (SSSR count). The summed E-state index contributed by atoms with van der Waals surface area (Å²) in [4.78, 5) is 14.4. The zero-order valence-electron chi connectivity index (χ0n) is 13.7. The van der Waals surface area contributed by atoms with Crippen molar-refractivity contribution in [3.05, 3.63) is 58.6 Å². The van der Waals surface area contributed by atoms with Crippen LogP contribution in [0.1, 0.15) is 28.9 Å². The van der Waals surface area contributed by atoms with Gasteiger partial charge in [0.2, 0.25) is 0 Å². The molecule has 0 bridgehead atoms. The second kappa shape index (κ2) is 7.38. The fraction of sp³-hybridized carbons (Fsp3) is 0.278. The van der Waals surface area contributed by atoms with Crippen molar-refractivity contribution in [3.63, 3.8) is 0 Å². The molecule has 0 aromatic heterocycles. The van der Waals surface area contributed by atoms with E-state index in [0.29, 0.717) is 22.1 Å². The standard InChI is InChI=1S/C18H20ClNO3/c1-12(13-8-6-5-7-9-13)20(2)18(21)14-10-15(19)17(23-4)16(11-14)22-3/h5-12H,1-4H3/t12-/m1/s1. The first-order valence-electron chi connectivity index (χ1n) is 7.23. The van der Waals surface area contributed by atoms with Crippen LogP contribution >= 0.6 is 11.6 Å². The van der Waals surface area contributed by atoms with Gasteiger partial charge in [-0.05, 0) is 24.6 Å². The lowest BCUT2D eigenvalue weighted by molar-refractivity contribution is 0.0742. The number of nitrogens with zero attached hydrogens (tertiary/aromatic N) is 1. The Morgan fingerprint density at radius 1 is 1.13 bits per heavy atom. The third-order valence-electron chi connectivity index (χ3n) is 3.86. The zero-order chi connectivity index (χ0) is 17.0. The molecular formula is C18H20ClNO3. The lowest BCUT2D eigenvalue weighted by atomic mass is 10.1. The monoisotopic (exact) mass is 333 g/mol. The molecule has 1 atom stereocenters. The Hall–Kier alpha value is -2.20. The van der Waals surface area contributed by atoms with Crippen LogP contribution in [0, 0.1) is 0 Å². The van der Waals surface area contributed by atoms with Gasteiger partial charge in [0.1, 0.15) is 0 Å². The molecule has 0 N–H and O–H groups in total. The lowest BCUT2D eigenvalue weighted by Gasteiger charge is -2.26. The van der Waals surface area contributed by atoms with Gasteiger partial charge in [-0.1, -0.05) is 41.9 Å². The van der Waals surface area contributed by atoms with E-state index in [0.717, 1.165) is 5.56 Å². The largest absolute Gasteiger partial charge is 0.493 e. The minimum Gasteiger partial charge on any atom is -0.493 e. The van der Waals surface area contributed by atoms with Gasteiger partial charge in [-0.2, -0.15) is 0 Å². The molecule has 0 saturated carbocycles. The van der Waals surface area contributed by atoms with Crippen LogP contribution in [0.2, 0.25) is 5.02 Å². The van der Waals surface area contributed by atoms with Crippen LogP contribution in [0.3, 0.4) is 0 Å². The van der Waals surface area contributed by atoms with E-state index in [1.54, 1.807) is 24.1 Å². The van der Waals surface area contributed by atoms with Crippen LogP contribution in [0.4, 0.5) is 0 Å². The molecule has 4 nitrogen and oxygen atoms in total. The van der Waals surface area contributed by atoms with E-state index in [9.17, 15) is 4.79 Å². The summed E-state index contributed by atoms with van der Waals surface area (Å²) in [6.07, 6.45) is 0. The van der Waals surface area contributed by atoms with E-state index in [2.05, 4.69) is 0 Å². The normalized spacial score (nSPS) is 11.7. The summed E-state index contributed by atoms with van der Waals surface area (Å²) in [5.74, 6) is 0.720. The Bertz CT molecular complexity index is 688. The number of carbonyl (C=O) groups is 1. The van der Waals surface area contributed by atoms with Crippen LogP contribution in [-0.4, -0.2) is 32.1 Å². The second-order valence-corrected chi connectivity index (χ2v) is 5.60. The van der Waals surface area contributed by atoms with Gasteiger partial charge in [0, 0.05) is 12.6 Å². The van der Waals surface area contributed by atoms with Crippen LogP contribution in [0.15, 0.2) is 42.5 Å². The maximum atomic E-state index is 12.8. The number of halogens is 1. The molecule has 0 aliphatic heterocycles. The molecule has 2 aromatic rings. The Kier molecular flexibility index (Phi) is 5.50. The van der Waals surface area contributed by atoms with Crippen molar-refractivity contribution in [3.8, 4) is 11.5 Å². The van der Waals surface area contributed by atoms with Crippen molar-refractivity contribution >= 4 is 17.5 Å². The van der Waals surface area contributed by atoms with Crippen LogP contribution in [0.5, 0.6) is 11.5 Å². The van der Waals surface area contributed by atoms with Gasteiger partial charge in [-0.15, -0.1) is 0 Å². The highest BCUT2D eigenvalue weighted by Gasteiger charge is 2.21. The van der Waals surface area contributed by atoms with Gasteiger partial charge >= 0.3 is 0 Å². The summed E-state index contributed by atoms with van der Waals surface area (Å²) < 4.78 is 10.4. The summed E-state index contributed by atoms with van der Waals surface area (Å²) in [7, 11) is 4.79. The van der Waals surface area contributed by atoms with Crippen molar-refractivity contribution in [1.82, 2.24) is 4.90 Å². The first kappa shape index (κ1) is 17.2. The summed E-state index contributed by atoms with van der Waals surface area (Å²) >= 11 is 6.18. The SMILES string of the molecule is COc1cc(C(=O)N(C)[C@H](C)c2ccccc2)cc(Cl)c1OC. The Labute approximate surface area is 141 Å². The van der Waals surface area contributed by atoms with Crippen LogP contribution < -0.4 is 9.47 Å². The fourth-order valence-corrected chi connectivity index (χ4v) is 2.66. The molecule has 0 aliphatic carbocycles. The molecule has 0 fully saturated rings. The van der Waals surface area contributed by atoms with E-state index in [1.165, 1.54) is 14.2 Å². The van der Waals surface area contributed by atoms with Crippen molar-refractivity contribution < 1.29 is 14.3 Å². The second-order valence-electron chi connectivity index (χ2n) is 5.20.